The zero-order chi connectivity index (χ0) is 21.4. The maximum atomic E-state index is 14.0. The number of alkyl halides is 6. The average molecular weight is 415 g/mol. The van der Waals surface area contributed by atoms with E-state index in [4.69, 9.17) is 4.74 Å². The highest BCUT2D eigenvalue weighted by Crippen LogP contribution is 2.47. The maximum absolute atomic E-state index is 14.0. The quantitative estimate of drug-likeness (QED) is 0.516. The Bertz CT molecular complexity index is 935. The van der Waals surface area contributed by atoms with Crippen LogP contribution in [-0.2, 0) is 15.3 Å². The number of nitrogens with zero attached hydrogens (tertiary/aromatic N) is 1. The van der Waals surface area contributed by atoms with Crippen LogP contribution in [0.4, 0.5) is 32.0 Å². The third-order valence-electron chi connectivity index (χ3n) is 4.13. The summed E-state index contributed by atoms with van der Waals surface area (Å²) >= 11 is 0. The fourth-order valence-electron chi connectivity index (χ4n) is 2.63. The number of carbonyl (C=O) groups is 2. The summed E-state index contributed by atoms with van der Waals surface area (Å²) in [4.78, 5) is 24.1. The molecule has 1 heterocycles. The number of imide groups is 1. The highest BCUT2D eigenvalue weighted by Gasteiger charge is 2.63. The van der Waals surface area contributed by atoms with Crippen LogP contribution in [0.2, 0.25) is 0 Å². The first-order valence-corrected chi connectivity index (χ1v) is 8.02. The first-order valence-electron chi connectivity index (χ1n) is 8.02. The monoisotopic (exact) mass is 415 g/mol. The maximum Gasteiger partial charge on any atom is 0.432 e. The summed E-state index contributed by atoms with van der Waals surface area (Å²) in [5.41, 5.74) is -5.77. The van der Waals surface area contributed by atoms with E-state index in [1.165, 1.54) is 24.3 Å². The molecule has 0 saturated heterocycles. The summed E-state index contributed by atoms with van der Waals surface area (Å²) in [5, 5.41) is 0. The van der Waals surface area contributed by atoms with Gasteiger partial charge in [0.1, 0.15) is 11.5 Å². The molecule has 4 nitrogen and oxygen atoms in total. The van der Waals surface area contributed by atoms with Gasteiger partial charge in [0.15, 0.2) is 0 Å². The molecule has 0 N–H and O–H groups in total. The summed E-state index contributed by atoms with van der Waals surface area (Å²) in [6.07, 6.45) is -7.87. The molecule has 2 aromatic rings. The minimum Gasteiger partial charge on any atom is -0.457 e. The lowest BCUT2D eigenvalue weighted by Gasteiger charge is -2.27. The fraction of sp³-hybridized carbons (Fsp3) is 0.158. The molecule has 1 aliphatic heterocycles. The fourth-order valence-corrected chi connectivity index (χ4v) is 2.63. The molecule has 2 aromatic carbocycles. The number of hydrogen-bond acceptors (Lipinski definition) is 3. The molecule has 2 amide bonds. The van der Waals surface area contributed by atoms with Crippen LogP contribution in [0.25, 0.3) is 0 Å². The van der Waals surface area contributed by atoms with Crippen molar-refractivity contribution in [2.45, 2.75) is 18.3 Å². The van der Waals surface area contributed by atoms with Gasteiger partial charge in [0, 0.05) is 17.7 Å². The molecule has 0 bridgehead atoms. The lowest BCUT2D eigenvalue weighted by atomic mass is 9.95. The minimum atomic E-state index is -5.79. The molecule has 0 spiro atoms. The Morgan fingerprint density at radius 3 is 1.62 bits per heavy atom. The van der Waals surface area contributed by atoms with Crippen molar-refractivity contribution in [1.82, 2.24) is 0 Å². The molecule has 0 radical (unpaired) electrons. The number of rotatable bonds is 5. The van der Waals surface area contributed by atoms with Crippen molar-refractivity contribution in [3.63, 3.8) is 0 Å². The van der Waals surface area contributed by atoms with E-state index in [-0.39, 0.29) is 17.2 Å². The van der Waals surface area contributed by atoms with Gasteiger partial charge in [-0.3, -0.25) is 9.59 Å². The van der Waals surface area contributed by atoms with Crippen molar-refractivity contribution < 1.29 is 40.7 Å². The highest BCUT2D eigenvalue weighted by atomic mass is 19.4. The first kappa shape index (κ1) is 20.4. The van der Waals surface area contributed by atoms with Crippen LogP contribution in [0.5, 0.6) is 11.5 Å². The van der Waals surface area contributed by atoms with Crippen molar-refractivity contribution in [3.8, 4) is 11.5 Å². The third-order valence-corrected chi connectivity index (χ3v) is 4.13. The second-order valence-electron chi connectivity index (χ2n) is 5.98. The summed E-state index contributed by atoms with van der Waals surface area (Å²) in [5.74, 6) is -0.879. The van der Waals surface area contributed by atoms with Crippen LogP contribution in [0.1, 0.15) is 5.56 Å². The lowest BCUT2D eigenvalue weighted by molar-refractivity contribution is -0.274. The van der Waals surface area contributed by atoms with Crippen LogP contribution in [0, 0.1) is 0 Å². The molecule has 3 rings (SSSR count). The van der Waals surface area contributed by atoms with Crippen LogP contribution >= 0.6 is 0 Å². The summed E-state index contributed by atoms with van der Waals surface area (Å²) in [6.45, 7) is 0. The van der Waals surface area contributed by atoms with Crippen molar-refractivity contribution in [3.05, 3.63) is 66.2 Å². The van der Waals surface area contributed by atoms with Crippen LogP contribution in [-0.4, -0.2) is 24.4 Å². The molecule has 0 aromatic heterocycles. The predicted octanol–water partition coefficient (Wildman–Crippen LogP) is 4.90. The van der Waals surface area contributed by atoms with E-state index in [1.807, 2.05) is 0 Å². The average Bonchev–Trinajstić information content (AvgIpc) is 3.00. The van der Waals surface area contributed by atoms with E-state index < -0.39 is 35.6 Å². The van der Waals surface area contributed by atoms with Crippen molar-refractivity contribution >= 4 is 17.5 Å². The topological polar surface area (TPSA) is 46.6 Å². The zero-order valence-electron chi connectivity index (χ0n) is 14.3. The van der Waals surface area contributed by atoms with Crippen LogP contribution in [0.15, 0.2) is 60.7 Å². The molecular weight excluding hydrogens is 404 g/mol. The van der Waals surface area contributed by atoms with Crippen LogP contribution in [0.3, 0.4) is 0 Å². The van der Waals surface area contributed by atoms with E-state index in [0.29, 0.717) is 12.1 Å². The number of carbonyl (C=O) groups excluding carboxylic acids is 2. The largest absolute Gasteiger partial charge is 0.457 e. The van der Waals surface area contributed by atoms with Crippen LogP contribution < -0.4 is 9.64 Å². The molecule has 1 aliphatic rings. The number of halogens is 6. The van der Waals surface area contributed by atoms with Gasteiger partial charge in [-0.1, -0.05) is 12.1 Å². The Morgan fingerprint density at radius 2 is 1.21 bits per heavy atom. The lowest BCUT2D eigenvalue weighted by Crippen LogP contribution is -2.44. The molecule has 0 aliphatic carbocycles. The number of benzene rings is 2. The van der Waals surface area contributed by atoms with E-state index in [1.54, 1.807) is 0 Å². The molecule has 1 unspecified atom stereocenters. The molecule has 10 heteroatoms. The Balaban J connectivity index is 1.76. The number of hydrogen-bond donors (Lipinski definition) is 0. The number of ether oxygens (including phenoxy) is 1. The Kier molecular flexibility index (Phi) is 5.12. The van der Waals surface area contributed by atoms with Gasteiger partial charge in [-0.05, 0) is 36.4 Å². The summed E-state index contributed by atoms with van der Waals surface area (Å²) < 4.78 is 83.2. The highest BCUT2D eigenvalue weighted by molar-refractivity contribution is 6.28. The molecule has 29 heavy (non-hydrogen) atoms. The first-order chi connectivity index (χ1) is 13.5. The molecule has 152 valence electrons. The summed E-state index contributed by atoms with van der Waals surface area (Å²) in [7, 11) is 0. The smallest absolute Gasteiger partial charge is 0.432 e. The van der Waals surface area contributed by atoms with Gasteiger partial charge in [-0.2, -0.15) is 13.2 Å². The van der Waals surface area contributed by atoms with Crippen molar-refractivity contribution in [1.29, 1.82) is 0 Å². The Labute approximate surface area is 160 Å². The van der Waals surface area contributed by atoms with Gasteiger partial charge in [0.2, 0.25) is 0 Å². The zero-order valence-corrected chi connectivity index (χ0v) is 14.3. The summed E-state index contributed by atoms with van der Waals surface area (Å²) in [6, 6.07) is 8.55. The third kappa shape index (κ3) is 3.69. The van der Waals surface area contributed by atoms with Gasteiger partial charge >= 0.3 is 6.18 Å². The SMILES string of the molecule is O=C1C=CC(=O)N1c1ccc(Oc2ccc(C(F)(C(F)F)C(F)(F)F)cc2)cc1. The second-order valence-corrected chi connectivity index (χ2v) is 5.98. The molecule has 1 atom stereocenters. The van der Waals surface area contributed by atoms with E-state index in [2.05, 4.69) is 0 Å². The van der Waals surface area contributed by atoms with Gasteiger partial charge in [0.25, 0.3) is 23.9 Å². The van der Waals surface area contributed by atoms with Gasteiger partial charge in [-0.25, -0.2) is 18.1 Å². The van der Waals surface area contributed by atoms with Gasteiger partial charge < -0.3 is 4.74 Å². The standard InChI is InChI=1S/C19H11F6NO3/c20-17(21)18(22,19(23,24)25)11-1-5-13(6-2-11)29-14-7-3-12(4-8-14)26-15(27)9-10-16(26)28/h1-10,17H. The Hall–Kier alpha value is -3.30. The minimum absolute atomic E-state index is 0.0321. The molecule has 0 saturated carbocycles. The molecular formula is C19H11F6NO3. The normalized spacial score (nSPS) is 16.4. The second kappa shape index (κ2) is 7.26. The van der Waals surface area contributed by atoms with Crippen molar-refractivity contribution in [2.75, 3.05) is 4.90 Å². The van der Waals surface area contributed by atoms with Gasteiger partial charge in [0.05, 0.1) is 5.69 Å². The van der Waals surface area contributed by atoms with E-state index in [9.17, 15) is 35.9 Å². The van der Waals surface area contributed by atoms with Crippen molar-refractivity contribution in [2.24, 2.45) is 0 Å². The molecule has 0 fully saturated rings. The predicted molar refractivity (Wildman–Crippen MR) is 89.4 cm³/mol. The van der Waals surface area contributed by atoms with E-state index >= 15 is 0 Å². The van der Waals surface area contributed by atoms with Gasteiger partial charge in [-0.15, -0.1) is 0 Å². The number of amides is 2. The number of anilines is 1. The Morgan fingerprint density at radius 1 is 0.759 bits per heavy atom. The van der Waals surface area contributed by atoms with E-state index in [0.717, 1.165) is 29.2 Å².